The first-order chi connectivity index (χ1) is 14.0. The molecule has 7 heteroatoms. The van der Waals surface area contributed by atoms with Crippen molar-refractivity contribution in [2.75, 3.05) is 14.2 Å². The molecule has 0 amide bonds. The van der Waals surface area contributed by atoms with Crippen molar-refractivity contribution >= 4 is 11.9 Å². The Kier molecular flexibility index (Phi) is 6.98. The van der Waals surface area contributed by atoms with E-state index >= 15 is 0 Å². The molecule has 3 rings (SSSR count). The maximum absolute atomic E-state index is 12.6. The van der Waals surface area contributed by atoms with Crippen LogP contribution < -0.4 is 0 Å². The molecule has 7 nitrogen and oxygen atoms in total. The van der Waals surface area contributed by atoms with Gasteiger partial charge in [0.15, 0.2) is 18.5 Å². The van der Waals surface area contributed by atoms with Gasteiger partial charge >= 0.3 is 11.9 Å². The van der Waals surface area contributed by atoms with Crippen LogP contribution in [0.15, 0.2) is 60.7 Å². The summed E-state index contributed by atoms with van der Waals surface area (Å²) in [6.07, 6.45) is -3.90. The number of esters is 2. The number of benzene rings is 2. The lowest BCUT2D eigenvalue weighted by molar-refractivity contribution is -0.288. The Balaban J connectivity index is 1.80. The number of rotatable bonds is 6. The van der Waals surface area contributed by atoms with Crippen LogP contribution >= 0.6 is 0 Å². The van der Waals surface area contributed by atoms with Crippen LogP contribution in [-0.4, -0.2) is 56.9 Å². The third kappa shape index (κ3) is 4.82. The van der Waals surface area contributed by atoms with Crippen molar-refractivity contribution in [3.8, 4) is 0 Å². The largest absolute Gasteiger partial charge is 0.453 e. The Morgan fingerprint density at radius 1 is 0.724 bits per heavy atom. The molecule has 0 saturated carbocycles. The standard InChI is InChI=1S/C22H24O7/c1-14-17(28-20(23)15-10-6-4-7-11-15)18(25-2)19(22(26-3)27-14)29-21(24)16-12-8-5-9-13-16/h4-14,17-19,22H,1-3H3/t14-,17-,18-,19-,22+/m1/s1. The zero-order valence-electron chi connectivity index (χ0n) is 16.5. The number of carbonyl (C=O) groups excluding carboxylic acids is 2. The average molecular weight is 400 g/mol. The Morgan fingerprint density at radius 3 is 1.66 bits per heavy atom. The molecule has 0 bridgehead atoms. The number of methoxy groups -OCH3 is 2. The monoisotopic (exact) mass is 400 g/mol. The van der Waals surface area contributed by atoms with Gasteiger partial charge in [-0.1, -0.05) is 36.4 Å². The number of ether oxygens (including phenoxy) is 5. The van der Waals surface area contributed by atoms with Gasteiger partial charge in [-0.05, 0) is 31.2 Å². The summed E-state index contributed by atoms with van der Waals surface area (Å²) in [5.74, 6) is -1.07. The molecule has 0 aromatic heterocycles. The van der Waals surface area contributed by atoms with Crippen LogP contribution in [0.4, 0.5) is 0 Å². The van der Waals surface area contributed by atoms with Gasteiger partial charge in [0.1, 0.15) is 6.10 Å². The fourth-order valence-corrected chi connectivity index (χ4v) is 3.25. The minimum atomic E-state index is -0.928. The normalized spacial score (nSPS) is 26.5. The van der Waals surface area contributed by atoms with Crippen LogP contribution in [0.1, 0.15) is 27.6 Å². The summed E-state index contributed by atoms with van der Waals surface area (Å²) in [4.78, 5) is 25.1. The molecule has 2 aromatic rings. The second-order valence-electron chi connectivity index (χ2n) is 6.62. The second-order valence-corrected chi connectivity index (χ2v) is 6.62. The summed E-state index contributed by atoms with van der Waals surface area (Å²) in [6.45, 7) is 1.75. The lowest BCUT2D eigenvalue weighted by Crippen LogP contribution is -2.60. The summed E-state index contributed by atoms with van der Waals surface area (Å²) in [5.41, 5.74) is 0.787. The maximum Gasteiger partial charge on any atom is 0.338 e. The Bertz CT molecular complexity index is 808. The molecule has 0 unspecified atom stereocenters. The van der Waals surface area contributed by atoms with Gasteiger partial charge in [0, 0.05) is 14.2 Å². The minimum absolute atomic E-state index is 0.383. The van der Waals surface area contributed by atoms with E-state index < -0.39 is 42.6 Å². The lowest BCUT2D eigenvalue weighted by atomic mass is 9.98. The van der Waals surface area contributed by atoms with Crippen molar-refractivity contribution in [2.24, 2.45) is 0 Å². The maximum atomic E-state index is 12.6. The van der Waals surface area contributed by atoms with E-state index in [1.165, 1.54) is 14.2 Å². The van der Waals surface area contributed by atoms with E-state index in [4.69, 9.17) is 23.7 Å². The highest BCUT2D eigenvalue weighted by molar-refractivity contribution is 5.90. The zero-order valence-corrected chi connectivity index (χ0v) is 16.5. The molecule has 2 aromatic carbocycles. The SMILES string of the molecule is CO[C@H]1O[C@H](C)[C@@H](OC(=O)c2ccccc2)[C@@H](OC)[C@H]1OC(=O)c1ccccc1. The Hall–Kier alpha value is -2.74. The van der Waals surface area contributed by atoms with E-state index in [1.807, 2.05) is 6.07 Å². The summed E-state index contributed by atoms with van der Waals surface area (Å²) in [6, 6.07) is 17.2. The van der Waals surface area contributed by atoms with Crippen molar-refractivity contribution in [2.45, 2.75) is 37.6 Å². The van der Waals surface area contributed by atoms with Gasteiger partial charge in [-0.15, -0.1) is 0 Å². The quantitative estimate of drug-likeness (QED) is 0.690. The molecule has 0 radical (unpaired) electrons. The van der Waals surface area contributed by atoms with Crippen LogP contribution in [0.25, 0.3) is 0 Å². The first-order valence-electron chi connectivity index (χ1n) is 9.28. The molecule has 1 aliphatic rings. The smallest absolute Gasteiger partial charge is 0.338 e. The fourth-order valence-electron chi connectivity index (χ4n) is 3.25. The molecule has 1 heterocycles. The molecule has 29 heavy (non-hydrogen) atoms. The second kappa shape index (κ2) is 9.65. The Morgan fingerprint density at radius 2 is 1.21 bits per heavy atom. The van der Waals surface area contributed by atoms with E-state index in [2.05, 4.69) is 0 Å². The lowest BCUT2D eigenvalue weighted by Gasteiger charge is -2.43. The molecule has 0 aliphatic carbocycles. The molecule has 1 saturated heterocycles. The molecule has 154 valence electrons. The van der Waals surface area contributed by atoms with Crippen LogP contribution in [-0.2, 0) is 23.7 Å². The van der Waals surface area contributed by atoms with E-state index in [1.54, 1.807) is 61.5 Å². The summed E-state index contributed by atoms with van der Waals surface area (Å²) in [5, 5.41) is 0. The van der Waals surface area contributed by atoms with E-state index in [-0.39, 0.29) is 0 Å². The van der Waals surface area contributed by atoms with Crippen molar-refractivity contribution in [1.82, 2.24) is 0 Å². The van der Waals surface area contributed by atoms with Crippen LogP contribution in [0.2, 0.25) is 0 Å². The third-order valence-corrected chi connectivity index (χ3v) is 4.74. The van der Waals surface area contributed by atoms with Gasteiger partial charge in [0.2, 0.25) is 0 Å². The van der Waals surface area contributed by atoms with Gasteiger partial charge in [0.05, 0.1) is 17.2 Å². The van der Waals surface area contributed by atoms with E-state index in [0.29, 0.717) is 11.1 Å². The molecule has 5 atom stereocenters. The third-order valence-electron chi connectivity index (χ3n) is 4.74. The molecule has 1 aliphatic heterocycles. The summed E-state index contributed by atoms with van der Waals surface area (Å²) in [7, 11) is 2.91. The van der Waals surface area contributed by atoms with Gasteiger partial charge in [-0.3, -0.25) is 0 Å². The average Bonchev–Trinajstić information content (AvgIpc) is 2.76. The van der Waals surface area contributed by atoms with Crippen LogP contribution in [0, 0.1) is 0 Å². The molecule has 1 fully saturated rings. The predicted octanol–water partition coefficient (Wildman–Crippen LogP) is 2.84. The van der Waals surface area contributed by atoms with E-state index in [0.717, 1.165) is 0 Å². The highest BCUT2D eigenvalue weighted by atomic mass is 16.7. The number of hydrogen-bond donors (Lipinski definition) is 0. The van der Waals surface area contributed by atoms with Crippen molar-refractivity contribution in [1.29, 1.82) is 0 Å². The molecular formula is C22H24O7. The van der Waals surface area contributed by atoms with E-state index in [9.17, 15) is 9.59 Å². The minimum Gasteiger partial charge on any atom is -0.453 e. The van der Waals surface area contributed by atoms with Gasteiger partial charge in [-0.25, -0.2) is 9.59 Å². The first kappa shape index (κ1) is 21.0. The summed E-state index contributed by atoms with van der Waals surface area (Å²) < 4.78 is 28.1. The van der Waals surface area contributed by atoms with Gasteiger partial charge in [0.25, 0.3) is 0 Å². The van der Waals surface area contributed by atoms with Crippen molar-refractivity contribution in [3.05, 3.63) is 71.8 Å². The number of carbonyl (C=O) groups is 2. The molecular weight excluding hydrogens is 376 g/mol. The van der Waals surface area contributed by atoms with Crippen molar-refractivity contribution in [3.63, 3.8) is 0 Å². The van der Waals surface area contributed by atoms with Crippen molar-refractivity contribution < 1.29 is 33.3 Å². The first-order valence-corrected chi connectivity index (χ1v) is 9.28. The number of hydrogen-bond acceptors (Lipinski definition) is 7. The molecule has 0 spiro atoms. The summed E-state index contributed by atoms with van der Waals surface area (Å²) >= 11 is 0. The van der Waals surface area contributed by atoms with Crippen LogP contribution in [0.3, 0.4) is 0 Å². The van der Waals surface area contributed by atoms with Crippen LogP contribution in [0.5, 0.6) is 0 Å². The fraction of sp³-hybridized carbons (Fsp3) is 0.364. The van der Waals surface area contributed by atoms with Gasteiger partial charge < -0.3 is 23.7 Å². The predicted molar refractivity (Wildman–Crippen MR) is 103 cm³/mol. The zero-order chi connectivity index (χ0) is 20.8. The topological polar surface area (TPSA) is 80.3 Å². The Labute approximate surface area is 169 Å². The molecule has 0 N–H and O–H groups in total. The highest BCUT2D eigenvalue weighted by Gasteiger charge is 2.49. The van der Waals surface area contributed by atoms with Gasteiger partial charge in [-0.2, -0.15) is 0 Å². The highest BCUT2D eigenvalue weighted by Crippen LogP contribution is 2.29.